The average molecular weight is 265 g/mol. The topological polar surface area (TPSA) is 77.2 Å². The van der Waals surface area contributed by atoms with E-state index in [2.05, 4.69) is 10.3 Å². The minimum absolute atomic E-state index is 0.0937. The summed E-state index contributed by atoms with van der Waals surface area (Å²) in [5.41, 5.74) is 0.463. The van der Waals surface area contributed by atoms with Gasteiger partial charge >= 0.3 is 5.97 Å². The summed E-state index contributed by atoms with van der Waals surface area (Å²) in [6.45, 7) is 2.23. The monoisotopic (exact) mass is 265 g/mol. The zero-order chi connectivity index (χ0) is 14.0. The molecule has 1 heterocycles. The van der Waals surface area contributed by atoms with Gasteiger partial charge in [0.05, 0.1) is 7.11 Å². The molecule has 19 heavy (non-hydrogen) atoms. The molecule has 0 fully saturated rings. The fraction of sp³-hybridized carbons (Fsp3) is 0.250. The highest BCUT2D eigenvalue weighted by Gasteiger charge is 2.20. The number of aromatic nitrogens is 3. The van der Waals surface area contributed by atoms with E-state index in [4.69, 9.17) is 9.84 Å². The van der Waals surface area contributed by atoms with Crippen LogP contribution in [0.4, 0.5) is 4.39 Å². The third-order valence-corrected chi connectivity index (χ3v) is 2.66. The molecule has 100 valence electrons. The molecule has 0 radical (unpaired) electrons. The molecule has 0 saturated heterocycles. The van der Waals surface area contributed by atoms with E-state index in [0.29, 0.717) is 12.1 Å². The Morgan fingerprint density at radius 1 is 1.53 bits per heavy atom. The minimum atomic E-state index is -1.20. The molecule has 2 rings (SSSR count). The van der Waals surface area contributed by atoms with Crippen molar-refractivity contribution in [3.63, 3.8) is 0 Å². The summed E-state index contributed by atoms with van der Waals surface area (Å²) < 4.78 is 19.9. The summed E-state index contributed by atoms with van der Waals surface area (Å²) in [5, 5.41) is 16.4. The molecule has 0 aliphatic rings. The molecule has 0 amide bonds. The Labute approximate surface area is 108 Å². The van der Waals surface area contributed by atoms with Crippen LogP contribution in [0.15, 0.2) is 18.2 Å². The number of carbonyl (C=O) groups is 1. The number of methoxy groups -OCH3 is 1. The van der Waals surface area contributed by atoms with Crippen LogP contribution in [0.25, 0.3) is 11.3 Å². The molecule has 7 heteroatoms. The first-order valence-electron chi connectivity index (χ1n) is 5.59. The lowest BCUT2D eigenvalue weighted by Gasteiger charge is -2.07. The van der Waals surface area contributed by atoms with E-state index >= 15 is 0 Å². The number of rotatable bonds is 4. The molecule has 0 unspecified atom stereocenters. The van der Waals surface area contributed by atoms with Gasteiger partial charge in [-0.25, -0.2) is 13.9 Å². The van der Waals surface area contributed by atoms with Gasteiger partial charge in [0, 0.05) is 12.1 Å². The van der Waals surface area contributed by atoms with E-state index < -0.39 is 11.8 Å². The van der Waals surface area contributed by atoms with Crippen molar-refractivity contribution >= 4 is 5.97 Å². The molecule has 1 aromatic heterocycles. The van der Waals surface area contributed by atoms with Crippen molar-refractivity contribution in [3.8, 4) is 17.0 Å². The predicted octanol–water partition coefficient (Wildman–Crippen LogP) is 1.81. The maximum absolute atomic E-state index is 13.7. The summed E-state index contributed by atoms with van der Waals surface area (Å²) in [4.78, 5) is 11.1. The third-order valence-electron chi connectivity index (χ3n) is 2.66. The standard InChI is InChI=1S/C12H12FN3O3/c1-3-16-11(10(12(17)18)14-15-16)7-4-5-9(19-2)8(13)6-7/h4-6H,3H2,1-2H3,(H,17,18). The van der Waals surface area contributed by atoms with Crippen LogP contribution in [-0.2, 0) is 6.54 Å². The molecule has 1 N–H and O–H groups in total. The molecule has 0 spiro atoms. The van der Waals surface area contributed by atoms with Gasteiger partial charge in [-0.05, 0) is 25.1 Å². The van der Waals surface area contributed by atoms with Crippen LogP contribution in [0, 0.1) is 5.82 Å². The maximum atomic E-state index is 13.7. The molecule has 0 aliphatic heterocycles. The molecule has 0 atom stereocenters. The van der Waals surface area contributed by atoms with Gasteiger partial charge in [0.25, 0.3) is 0 Å². The fourth-order valence-electron chi connectivity index (χ4n) is 1.78. The Morgan fingerprint density at radius 2 is 2.26 bits per heavy atom. The van der Waals surface area contributed by atoms with Gasteiger partial charge in [-0.3, -0.25) is 0 Å². The van der Waals surface area contributed by atoms with Gasteiger partial charge in [0.1, 0.15) is 5.69 Å². The number of benzene rings is 1. The number of carboxylic acids is 1. The van der Waals surface area contributed by atoms with Crippen LogP contribution in [0.1, 0.15) is 17.4 Å². The first-order valence-corrected chi connectivity index (χ1v) is 5.59. The third kappa shape index (κ3) is 2.26. The highest BCUT2D eigenvalue weighted by molar-refractivity contribution is 5.92. The number of halogens is 1. The van der Waals surface area contributed by atoms with Gasteiger partial charge in [-0.15, -0.1) is 5.10 Å². The lowest BCUT2D eigenvalue weighted by Crippen LogP contribution is -2.04. The van der Waals surface area contributed by atoms with Crippen LogP contribution in [-0.4, -0.2) is 33.2 Å². The summed E-state index contributed by atoms with van der Waals surface area (Å²) in [5.74, 6) is -1.68. The highest BCUT2D eigenvalue weighted by atomic mass is 19.1. The normalized spacial score (nSPS) is 10.5. The lowest BCUT2D eigenvalue weighted by molar-refractivity contribution is 0.0691. The Bertz CT molecular complexity index is 625. The zero-order valence-electron chi connectivity index (χ0n) is 10.4. The Kier molecular flexibility index (Phi) is 3.46. The number of nitrogens with zero attached hydrogens (tertiary/aromatic N) is 3. The molecule has 0 aliphatic carbocycles. The Balaban J connectivity index is 2.60. The SMILES string of the molecule is CCn1nnc(C(=O)O)c1-c1ccc(OC)c(F)c1. The van der Waals surface area contributed by atoms with Crippen LogP contribution in [0.3, 0.4) is 0 Å². The first kappa shape index (κ1) is 13.0. The van der Waals surface area contributed by atoms with Crippen LogP contribution >= 0.6 is 0 Å². The summed E-state index contributed by atoms with van der Waals surface area (Å²) in [6, 6.07) is 4.21. The van der Waals surface area contributed by atoms with E-state index in [1.807, 2.05) is 0 Å². The molecular weight excluding hydrogens is 253 g/mol. The number of ether oxygens (including phenoxy) is 1. The van der Waals surface area contributed by atoms with E-state index in [0.717, 1.165) is 0 Å². The molecule has 1 aromatic carbocycles. The lowest BCUT2D eigenvalue weighted by atomic mass is 10.1. The number of aryl methyl sites for hydroxylation is 1. The van der Waals surface area contributed by atoms with Crippen molar-refractivity contribution in [1.82, 2.24) is 15.0 Å². The molecular formula is C12H12FN3O3. The predicted molar refractivity (Wildman–Crippen MR) is 64.6 cm³/mol. The van der Waals surface area contributed by atoms with E-state index in [-0.39, 0.29) is 17.1 Å². The van der Waals surface area contributed by atoms with Crippen LogP contribution in [0.5, 0.6) is 5.75 Å². The van der Waals surface area contributed by atoms with Gasteiger partial charge in [-0.2, -0.15) is 0 Å². The molecule has 2 aromatic rings. The van der Waals surface area contributed by atoms with Crippen molar-refractivity contribution in [2.24, 2.45) is 0 Å². The summed E-state index contributed by atoms with van der Waals surface area (Å²) in [6.07, 6.45) is 0. The second kappa shape index (κ2) is 5.05. The van der Waals surface area contributed by atoms with Gasteiger partial charge in [-0.1, -0.05) is 5.21 Å². The second-order valence-corrected chi connectivity index (χ2v) is 3.76. The zero-order valence-corrected chi connectivity index (χ0v) is 10.4. The van der Waals surface area contributed by atoms with Crippen molar-refractivity contribution in [3.05, 3.63) is 29.7 Å². The quantitative estimate of drug-likeness (QED) is 0.912. The van der Waals surface area contributed by atoms with E-state index in [1.54, 1.807) is 13.0 Å². The van der Waals surface area contributed by atoms with Gasteiger partial charge in [0.15, 0.2) is 17.3 Å². The summed E-state index contributed by atoms with van der Waals surface area (Å²) in [7, 11) is 1.36. The van der Waals surface area contributed by atoms with Crippen molar-refractivity contribution in [2.75, 3.05) is 7.11 Å². The summed E-state index contributed by atoms with van der Waals surface area (Å²) >= 11 is 0. The minimum Gasteiger partial charge on any atom is -0.494 e. The fourth-order valence-corrected chi connectivity index (χ4v) is 1.78. The van der Waals surface area contributed by atoms with Gasteiger partial charge < -0.3 is 9.84 Å². The van der Waals surface area contributed by atoms with Crippen LogP contribution in [0.2, 0.25) is 0 Å². The Morgan fingerprint density at radius 3 is 2.79 bits per heavy atom. The molecule has 0 saturated carbocycles. The number of hydrogen-bond acceptors (Lipinski definition) is 4. The largest absolute Gasteiger partial charge is 0.494 e. The first-order chi connectivity index (χ1) is 9.08. The average Bonchev–Trinajstić information content (AvgIpc) is 2.82. The van der Waals surface area contributed by atoms with Crippen molar-refractivity contribution < 1.29 is 19.0 Å². The van der Waals surface area contributed by atoms with E-state index in [9.17, 15) is 9.18 Å². The molecule has 0 bridgehead atoms. The number of carboxylic acid groups (broad SMARTS) is 1. The van der Waals surface area contributed by atoms with Crippen molar-refractivity contribution in [2.45, 2.75) is 13.5 Å². The highest BCUT2D eigenvalue weighted by Crippen LogP contribution is 2.27. The number of hydrogen-bond donors (Lipinski definition) is 1. The van der Waals surface area contributed by atoms with Gasteiger partial charge in [0.2, 0.25) is 0 Å². The van der Waals surface area contributed by atoms with Crippen LogP contribution < -0.4 is 4.74 Å². The van der Waals surface area contributed by atoms with Crippen molar-refractivity contribution in [1.29, 1.82) is 0 Å². The van der Waals surface area contributed by atoms with E-state index in [1.165, 1.54) is 23.9 Å². The second-order valence-electron chi connectivity index (χ2n) is 3.76. The molecule has 6 nitrogen and oxygen atoms in total. The Hall–Kier alpha value is -2.44. The maximum Gasteiger partial charge on any atom is 0.358 e. The smallest absolute Gasteiger partial charge is 0.358 e. The number of aromatic carboxylic acids is 1.